The molecule has 74 valence electrons. The van der Waals surface area contributed by atoms with E-state index in [9.17, 15) is 0 Å². The first-order chi connectivity index (χ1) is 5.68. The standard InChI is InChI=1S/C9H23N3/c1-9(2)12(4)8-7-11-6-5-10-3/h9-11H,5-8H2,1-4H3. The predicted molar refractivity (Wildman–Crippen MR) is 54.6 cm³/mol. The Balaban J connectivity index is 3.08. The summed E-state index contributed by atoms with van der Waals surface area (Å²) < 4.78 is 0. The van der Waals surface area contributed by atoms with E-state index in [1.165, 1.54) is 0 Å². The molecule has 12 heavy (non-hydrogen) atoms. The summed E-state index contributed by atoms with van der Waals surface area (Å²) in [6, 6.07) is 0.649. The maximum Gasteiger partial charge on any atom is 0.0106 e. The van der Waals surface area contributed by atoms with Crippen molar-refractivity contribution in [3.8, 4) is 0 Å². The largest absolute Gasteiger partial charge is 0.318 e. The van der Waals surface area contributed by atoms with Crippen LogP contribution in [0.15, 0.2) is 0 Å². The minimum Gasteiger partial charge on any atom is -0.318 e. The zero-order valence-electron chi connectivity index (χ0n) is 8.85. The predicted octanol–water partition coefficient (Wildman–Crippen LogP) is 0.136. The molecule has 0 aromatic heterocycles. The van der Waals surface area contributed by atoms with Crippen LogP contribution in [0.25, 0.3) is 0 Å². The van der Waals surface area contributed by atoms with Gasteiger partial charge in [0.2, 0.25) is 0 Å². The Morgan fingerprint density at radius 2 is 1.83 bits per heavy atom. The van der Waals surface area contributed by atoms with Gasteiger partial charge >= 0.3 is 0 Å². The zero-order chi connectivity index (χ0) is 9.40. The van der Waals surface area contributed by atoms with E-state index in [4.69, 9.17) is 0 Å². The molecule has 0 aliphatic rings. The van der Waals surface area contributed by atoms with Crippen molar-refractivity contribution in [2.45, 2.75) is 19.9 Å². The number of nitrogens with zero attached hydrogens (tertiary/aromatic N) is 1. The molecule has 0 atom stereocenters. The summed E-state index contributed by atoms with van der Waals surface area (Å²) in [5.74, 6) is 0. The third-order valence-corrected chi connectivity index (χ3v) is 2.07. The lowest BCUT2D eigenvalue weighted by molar-refractivity contribution is 0.273. The van der Waals surface area contributed by atoms with Crippen LogP contribution in [-0.4, -0.2) is 51.2 Å². The van der Waals surface area contributed by atoms with Crippen LogP contribution in [0.2, 0.25) is 0 Å². The van der Waals surface area contributed by atoms with Gasteiger partial charge in [-0.05, 0) is 27.9 Å². The molecule has 3 heteroatoms. The van der Waals surface area contributed by atoms with Crippen molar-refractivity contribution in [2.75, 3.05) is 40.3 Å². The quantitative estimate of drug-likeness (QED) is 0.536. The molecule has 3 nitrogen and oxygen atoms in total. The third kappa shape index (κ3) is 6.58. The minimum atomic E-state index is 0.649. The van der Waals surface area contributed by atoms with Gasteiger partial charge in [-0.1, -0.05) is 0 Å². The van der Waals surface area contributed by atoms with Crippen molar-refractivity contribution in [1.29, 1.82) is 0 Å². The molecule has 0 spiro atoms. The first kappa shape index (κ1) is 11.9. The van der Waals surface area contributed by atoms with E-state index < -0.39 is 0 Å². The molecule has 0 aromatic carbocycles. The topological polar surface area (TPSA) is 27.3 Å². The molecular weight excluding hydrogens is 150 g/mol. The van der Waals surface area contributed by atoms with Crippen LogP contribution in [-0.2, 0) is 0 Å². The fraction of sp³-hybridized carbons (Fsp3) is 1.00. The van der Waals surface area contributed by atoms with Crippen molar-refractivity contribution in [1.82, 2.24) is 15.5 Å². The number of likely N-dealkylation sites (N-methyl/N-ethyl adjacent to an activating group) is 2. The van der Waals surface area contributed by atoms with Crippen molar-refractivity contribution in [2.24, 2.45) is 0 Å². The molecule has 0 heterocycles. The Hall–Kier alpha value is -0.120. The SMILES string of the molecule is CNCCNCCN(C)C(C)C. The number of rotatable bonds is 7. The maximum atomic E-state index is 3.37. The molecule has 0 unspecified atom stereocenters. The lowest BCUT2D eigenvalue weighted by atomic mass is 10.3. The first-order valence-electron chi connectivity index (χ1n) is 4.74. The molecule has 0 rings (SSSR count). The van der Waals surface area contributed by atoms with Crippen LogP contribution in [0, 0.1) is 0 Å². The molecule has 0 fully saturated rings. The molecule has 0 radical (unpaired) electrons. The highest BCUT2D eigenvalue weighted by atomic mass is 15.1. The lowest BCUT2D eigenvalue weighted by Gasteiger charge is -2.20. The van der Waals surface area contributed by atoms with Crippen molar-refractivity contribution in [3.63, 3.8) is 0 Å². The van der Waals surface area contributed by atoms with Crippen molar-refractivity contribution >= 4 is 0 Å². The smallest absolute Gasteiger partial charge is 0.0106 e. The fourth-order valence-corrected chi connectivity index (χ4v) is 0.852. The summed E-state index contributed by atoms with van der Waals surface area (Å²) >= 11 is 0. The highest BCUT2D eigenvalue weighted by molar-refractivity contribution is 4.58. The van der Waals surface area contributed by atoms with Crippen LogP contribution in [0.3, 0.4) is 0 Å². The van der Waals surface area contributed by atoms with E-state index in [1.54, 1.807) is 0 Å². The molecular formula is C9H23N3. The van der Waals surface area contributed by atoms with Crippen molar-refractivity contribution < 1.29 is 0 Å². The van der Waals surface area contributed by atoms with Crippen LogP contribution >= 0.6 is 0 Å². The Morgan fingerprint density at radius 3 is 2.33 bits per heavy atom. The second kappa shape index (κ2) is 7.53. The summed E-state index contributed by atoms with van der Waals surface area (Å²) in [4.78, 5) is 2.34. The summed E-state index contributed by atoms with van der Waals surface area (Å²) in [6.45, 7) is 8.74. The van der Waals surface area contributed by atoms with E-state index >= 15 is 0 Å². The Morgan fingerprint density at radius 1 is 1.17 bits per heavy atom. The molecule has 0 amide bonds. The van der Waals surface area contributed by atoms with Gasteiger partial charge in [0.25, 0.3) is 0 Å². The molecule has 0 aliphatic carbocycles. The van der Waals surface area contributed by atoms with E-state index in [2.05, 4.69) is 36.4 Å². The molecule has 0 bridgehead atoms. The van der Waals surface area contributed by atoms with Gasteiger partial charge in [-0.2, -0.15) is 0 Å². The summed E-state index contributed by atoms with van der Waals surface area (Å²) in [5, 5.41) is 6.47. The highest BCUT2D eigenvalue weighted by Crippen LogP contribution is 1.90. The highest BCUT2D eigenvalue weighted by Gasteiger charge is 2.00. The molecule has 0 saturated carbocycles. The summed E-state index contributed by atoms with van der Waals surface area (Å²) in [5.41, 5.74) is 0. The summed E-state index contributed by atoms with van der Waals surface area (Å²) in [6.07, 6.45) is 0. The number of hydrogen-bond donors (Lipinski definition) is 2. The van der Waals surface area contributed by atoms with Crippen LogP contribution < -0.4 is 10.6 Å². The second-order valence-corrected chi connectivity index (χ2v) is 3.43. The van der Waals surface area contributed by atoms with Crippen LogP contribution in [0.1, 0.15) is 13.8 Å². The average molecular weight is 173 g/mol. The average Bonchev–Trinajstić information content (AvgIpc) is 2.03. The number of hydrogen-bond acceptors (Lipinski definition) is 3. The minimum absolute atomic E-state index is 0.649. The third-order valence-electron chi connectivity index (χ3n) is 2.07. The van der Waals surface area contributed by atoms with E-state index in [1.807, 2.05) is 7.05 Å². The molecule has 0 aromatic rings. The van der Waals surface area contributed by atoms with E-state index in [-0.39, 0.29) is 0 Å². The van der Waals surface area contributed by atoms with Gasteiger partial charge < -0.3 is 15.5 Å². The summed E-state index contributed by atoms with van der Waals surface area (Å²) in [7, 11) is 4.13. The monoisotopic (exact) mass is 173 g/mol. The molecule has 0 aliphatic heterocycles. The Labute approximate surface area is 76.5 Å². The fourth-order valence-electron chi connectivity index (χ4n) is 0.852. The van der Waals surface area contributed by atoms with E-state index in [0.717, 1.165) is 26.2 Å². The first-order valence-corrected chi connectivity index (χ1v) is 4.74. The van der Waals surface area contributed by atoms with Gasteiger partial charge in [0.1, 0.15) is 0 Å². The number of nitrogens with one attached hydrogen (secondary N) is 2. The normalized spacial score (nSPS) is 11.5. The van der Waals surface area contributed by atoms with Crippen LogP contribution in [0.5, 0.6) is 0 Å². The van der Waals surface area contributed by atoms with Gasteiger partial charge in [0, 0.05) is 32.2 Å². The Bertz CT molecular complexity index is 93.8. The maximum absolute atomic E-state index is 3.37. The molecule has 2 N–H and O–H groups in total. The van der Waals surface area contributed by atoms with Gasteiger partial charge in [0.15, 0.2) is 0 Å². The van der Waals surface area contributed by atoms with Gasteiger partial charge in [-0.15, -0.1) is 0 Å². The lowest BCUT2D eigenvalue weighted by Crippen LogP contribution is -2.35. The van der Waals surface area contributed by atoms with Crippen LogP contribution in [0.4, 0.5) is 0 Å². The van der Waals surface area contributed by atoms with Gasteiger partial charge in [-0.3, -0.25) is 0 Å². The van der Waals surface area contributed by atoms with Gasteiger partial charge in [0.05, 0.1) is 0 Å². The van der Waals surface area contributed by atoms with Gasteiger partial charge in [-0.25, -0.2) is 0 Å². The Kier molecular flexibility index (Phi) is 7.45. The van der Waals surface area contributed by atoms with Crippen molar-refractivity contribution in [3.05, 3.63) is 0 Å². The second-order valence-electron chi connectivity index (χ2n) is 3.43. The van der Waals surface area contributed by atoms with E-state index in [0.29, 0.717) is 6.04 Å². The molecule has 0 saturated heterocycles. The zero-order valence-corrected chi connectivity index (χ0v) is 8.85.